The first-order valence-corrected chi connectivity index (χ1v) is 20.4. The Morgan fingerprint density at radius 1 is 0.867 bits per heavy atom. The third-order valence-corrected chi connectivity index (χ3v) is 11.0. The molecule has 0 bridgehead atoms. The third kappa shape index (κ3) is 8.59. The van der Waals surface area contributed by atoms with Crippen molar-refractivity contribution in [3.63, 3.8) is 0 Å². The molecule has 0 unspecified atom stereocenters. The van der Waals surface area contributed by atoms with Crippen LogP contribution in [0.4, 0.5) is 4.79 Å². The molecular weight excluding hydrogens is 804 g/mol. The van der Waals surface area contributed by atoms with Gasteiger partial charge in [0, 0.05) is 53.3 Å². The van der Waals surface area contributed by atoms with Crippen molar-refractivity contribution in [3.05, 3.63) is 148 Å². The number of ether oxygens (including phenoxy) is 2. The first kappa shape index (κ1) is 40.6. The van der Waals surface area contributed by atoms with Crippen molar-refractivity contribution in [1.82, 2.24) is 20.0 Å². The zero-order valence-corrected chi connectivity index (χ0v) is 34.7. The van der Waals surface area contributed by atoms with Gasteiger partial charge in [0.2, 0.25) is 5.91 Å². The Hall–Kier alpha value is -6.18. The van der Waals surface area contributed by atoms with Crippen molar-refractivity contribution < 1.29 is 33.2 Å². The molecule has 4 amide bonds. The molecule has 5 aromatic carbocycles. The number of nitrogens with one attached hydrogen (secondary N) is 1. The molecular formula is C45H42BCl2N5O7. The van der Waals surface area contributed by atoms with Crippen LogP contribution in [0.5, 0.6) is 23.0 Å². The summed E-state index contributed by atoms with van der Waals surface area (Å²) in [4.78, 5) is 51.9. The third-order valence-electron chi connectivity index (χ3n) is 10.5. The van der Waals surface area contributed by atoms with Gasteiger partial charge in [0.1, 0.15) is 41.4 Å². The molecule has 12 nitrogen and oxygen atoms in total. The smallest absolute Gasteiger partial charge is 0.519 e. The van der Waals surface area contributed by atoms with Crippen LogP contribution in [-0.4, -0.2) is 91.4 Å². The second-order valence-electron chi connectivity index (χ2n) is 14.8. The number of rotatable bonds is 11. The fourth-order valence-electron chi connectivity index (χ4n) is 7.51. The molecule has 8 rings (SSSR count). The summed E-state index contributed by atoms with van der Waals surface area (Å²) in [5, 5.41) is 4.03. The zero-order valence-electron chi connectivity index (χ0n) is 33.2. The van der Waals surface area contributed by atoms with E-state index < -0.39 is 25.2 Å². The standard InChI is InChI=1S/C45H42BCl2N5O7/c1-28(2)58-39-26-35(57-3)20-21-36(39)43-50-41(29-10-16-33(47)17-11-29)42(30-12-18-34(48)19-13-30)53(43)45(56)52-25-24-51(40(54)27-52)23-22-49-44(55)31-8-14-32(15-9-31)46-59-37-6-4-5-7-38(37)60-46/h4-21,26,28,41-42H,22-25,27H2,1-3H3,(H,49,55)/t41-,42+/m0/s1. The van der Waals surface area contributed by atoms with Gasteiger partial charge in [-0.1, -0.05) is 71.7 Å². The lowest BCUT2D eigenvalue weighted by Crippen LogP contribution is -2.57. The second kappa shape index (κ2) is 17.6. The predicted octanol–water partition coefficient (Wildman–Crippen LogP) is 7.19. The summed E-state index contributed by atoms with van der Waals surface area (Å²) in [7, 11) is 0.989. The molecule has 5 aromatic rings. The van der Waals surface area contributed by atoms with Crippen LogP contribution in [0.15, 0.2) is 120 Å². The Kier molecular flexibility index (Phi) is 11.9. The topological polar surface area (TPSA) is 122 Å². The van der Waals surface area contributed by atoms with Gasteiger partial charge in [0.25, 0.3) is 5.91 Å². The Morgan fingerprint density at radius 3 is 2.13 bits per heavy atom. The SMILES string of the molecule is COc1ccc(C2=N[C@@H](c3ccc(Cl)cc3)[C@@H](c3ccc(Cl)cc3)N2C(=O)N2CCN(CCNC(=O)c3ccc(B4Oc5ccccc5O4)cc3)C(=O)C2)c(OC(C)C)c1. The summed E-state index contributed by atoms with van der Waals surface area (Å²) in [6, 6.07) is 33.1. The summed E-state index contributed by atoms with van der Waals surface area (Å²) in [6.07, 6.45) is -0.192. The number of carbonyl (C=O) groups excluding carboxylic acids is 3. The molecule has 306 valence electrons. The molecule has 1 fully saturated rings. The maximum Gasteiger partial charge on any atom is 0.632 e. The van der Waals surface area contributed by atoms with E-state index in [-0.39, 0.29) is 50.6 Å². The molecule has 3 aliphatic rings. The van der Waals surface area contributed by atoms with E-state index in [1.54, 1.807) is 82.5 Å². The van der Waals surface area contributed by atoms with Gasteiger partial charge < -0.3 is 33.9 Å². The molecule has 0 spiro atoms. The minimum Gasteiger partial charge on any atom is -0.519 e. The number of piperazine rings is 1. The van der Waals surface area contributed by atoms with Crippen molar-refractivity contribution in [2.45, 2.75) is 32.0 Å². The normalized spacial score (nSPS) is 17.2. The lowest BCUT2D eigenvalue weighted by molar-refractivity contribution is -0.134. The predicted molar refractivity (Wildman–Crippen MR) is 231 cm³/mol. The molecule has 3 heterocycles. The van der Waals surface area contributed by atoms with E-state index in [2.05, 4.69) is 5.32 Å². The first-order chi connectivity index (χ1) is 29.1. The maximum atomic E-state index is 15.0. The van der Waals surface area contributed by atoms with Crippen LogP contribution in [0, 0.1) is 0 Å². The minimum atomic E-state index is -0.619. The van der Waals surface area contributed by atoms with E-state index in [9.17, 15) is 9.59 Å². The lowest BCUT2D eigenvalue weighted by atomic mass is 9.79. The van der Waals surface area contributed by atoms with Crippen LogP contribution in [0.3, 0.4) is 0 Å². The van der Waals surface area contributed by atoms with Crippen LogP contribution in [0.1, 0.15) is 53.0 Å². The van der Waals surface area contributed by atoms with Crippen LogP contribution >= 0.6 is 23.2 Å². The summed E-state index contributed by atoms with van der Waals surface area (Å²) in [5.41, 5.74) is 3.47. The van der Waals surface area contributed by atoms with Crippen molar-refractivity contribution >= 4 is 59.5 Å². The molecule has 3 aliphatic heterocycles. The largest absolute Gasteiger partial charge is 0.632 e. The van der Waals surface area contributed by atoms with Crippen molar-refractivity contribution in [3.8, 4) is 23.0 Å². The molecule has 1 N–H and O–H groups in total. The van der Waals surface area contributed by atoms with E-state index in [4.69, 9.17) is 47.0 Å². The lowest BCUT2D eigenvalue weighted by Gasteiger charge is -2.38. The van der Waals surface area contributed by atoms with Gasteiger partial charge in [-0.2, -0.15) is 0 Å². The van der Waals surface area contributed by atoms with E-state index in [0.29, 0.717) is 50.0 Å². The molecule has 15 heteroatoms. The van der Waals surface area contributed by atoms with Crippen molar-refractivity contribution in [2.75, 3.05) is 39.8 Å². The fraction of sp³-hybridized carbons (Fsp3) is 0.244. The number of para-hydroxylation sites is 2. The Morgan fingerprint density at radius 2 is 1.52 bits per heavy atom. The summed E-state index contributed by atoms with van der Waals surface area (Å²) in [5.74, 6) is 2.29. The number of amidine groups is 1. The average molecular weight is 847 g/mol. The van der Waals surface area contributed by atoms with Gasteiger partial charge in [-0.25, -0.2) is 4.79 Å². The Bertz CT molecular complexity index is 2390. The molecule has 1 saturated heterocycles. The molecule has 0 saturated carbocycles. The monoisotopic (exact) mass is 845 g/mol. The van der Waals surface area contributed by atoms with Gasteiger partial charge in [-0.3, -0.25) is 19.5 Å². The van der Waals surface area contributed by atoms with Crippen LogP contribution in [0.2, 0.25) is 10.0 Å². The van der Waals surface area contributed by atoms with E-state index in [1.165, 1.54) is 0 Å². The summed E-state index contributed by atoms with van der Waals surface area (Å²) in [6.45, 7) is 4.72. The highest BCUT2D eigenvalue weighted by Gasteiger charge is 2.45. The number of fused-ring (bicyclic) bond motifs is 1. The van der Waals surface area contributed by atoms with Gasteiger partial charge in [-0.15, -0.1) is 0 Å². The minimum absolute atomic E-state index is 0.163. The van der Waals surface area contributed by atoms with Crippen molar-refractivity contribution in [1.29, 1.82) is 0 Å². The van der Waals surface area contributed by atoms with Gasteiger partial charge >= 0.3 is 13.1 Å². The molecule has 60 heavy (non-hydrogen) atoms. The number of urea groups is 1. The average Bonchev–Trinajstić information content (AvgIpc) is 3.87. The number of carbonyl (C=O) groups is 3. The Labute approximate surface area is 358 Å². The summed E-state index contributed by atoms with van der Waals surface area (Å²) < 4.78 is 23.6. The highest BCUT2D eigenvalue weighted by atomic mass is 35.5. The maximum absolute atomic E-state index is 15.0. The van der Waals surface area contributed by atoms with Crippen LogP contribution < -0.4 is 29.6 Å². The van der Waals surface area contributed by atoms with E-state index >= 15 is 4.79 Å². The molecule has 0 aliphatic carbocycles. The molecule has 0 radical (unpaired) electrons. The van der Waals surface area contributed by atoms with Gasteiger partial charge in [-0.05, 0) is 85.6 Å². The molecule has 0 aromatic heterocycles. The molecule has 2 atom stereocenters. The number of benzene rings is 5. The Balaban J connectivity index is 0.986. The second-order valence-corrected chi connectivity index (χ2v) is 15.7. The number of methoxy groups -OCH3 is 1. The quantitative estimate of drug-likeness (QED) is 0.140. The van der Waals surface area contributed by atoms with Gasteiger partial charge in [0.05, 0.1) is 24.8 Å². The summed E-state index contributed by atoms with van der Waals surface area (Å²) >= 11 is 12.7. The number of nitrogens with zero attached hydrogens (tertiary/aromatic N) is 4. The van der Waals surface area contributed by atoms with E-state index in [1.807, 2.05) is 68.4 Å². The highest BCUT2D eigenvalue weighted by Crippen LogP contribution is 2.46. The number of hydrogen-bond acceptors (Lipinski definition) is 8. The zero-order chi connectivity index (χ0) is 41.9. The fourth-order valence-corrected chi connectivity index (χ4v) is 7.77. The van der Waals surface area contributed by atoms with Crippen molar-refractivity contribution in [2.24, 2.45) is 4.99 Å². The van der Waals surface area contributed by atoms with E-state index in [0.717, 1.165) is 16.6 Å². The number of hydrogen-bond donors (Lipinski definition) is 1. The van der Waals surface area contributed by atoms with Gasteiger partial charge in [0.15, 0.2) is 0 Å². The highest BCUT2D eigenvalue weighted by molar-refractivity contribution is 6.63. The van der Waals surface area contributed by atoms with Crippen LogP contribution in [-0.2, 0) is 4.79 Å². The number of halogens is 2. The first-order valence-electron chi connectivity index (χ1n) is 19.7. The number of aliphatic imine (C=N–C) groups is 1. The number of amides is 4. The van der Waals surface area contributed by atoms with Crippen LogP contribution in [0.25, 0.3) is 0 Å².